The molecule has 1 heterocycles. The minimum absolute atomic E-state index is 0.195. The second kappa shape index (κ2) is 8.20. The van der Waals surface area contributed by atoms with E-state index in [9.17, 15) is 27.2 Å². The van der Waals surface area contributed by atoms with Crippen LogP contribution < -0.4 is 5.32 Å². The molecule has 9 heteroatoms. The van der Waals surface area contributed by atoms with Crippen LogP contribution in [0.5, 0.6) is 0 Å². The lowest BCUT2D eigenvalue weighted by Gasteiger charge is -2.35. The number of carbonyl (C=O) groups excluding carboxylic acids is 2. The molecule has 3 rings (SSSR count). The van der Waals surface area contributed by atoms with Crippen molar-refractivity contribution >= 4 is 17.5 Å². The number of nitrogens with one attached hydrogen (secondary N) is 1. The summed E-state index contributed by atoms with van der Waals surface area (Å²) in [5.41, 5.74) is -0.913. The minimum Gasteiger partial charge on any atom is -0.325 e. The van der Waals surface area contributed by atoms with Crippen molar-refractivity contribution in [2.45, 2.75) is 18.5 Å². The quantitative estimate of drug-likeness (QED) is 0.613. The van der Waals surface area contributed by atoms with Gasteiger partial charge in [-0.05, 0) is 36.2 Å². The first-order valence-electron chi connectivity index (χ1n) is 8.80. The van der Waals surface area contributed by atoms with Gasteiger partial charge in [-0.15, -0.1) is 0 Å². The standard InChI is InChI=1S/C20H18F4N2O3/c1-29-26-11-10-14(12-6-8-13(21)9-7-12)17(19(26)28)18(27)25-16-5-3-2-4-15(16)20(22,23)24/h2-9,14,17H,10-11H2,1H3,(H,25,27)/t14-,17+/m1/s1. The van der Waals surface area contributed by atoms with Gasteiger partial charge in [0.15, 0.2) is 0 Å². The highest BCUT2D eigenvalue weighted by Gasteiger charge is 2.43. The Kier molecular flexibility index (Phi) is 5.88. The van der Waals surface area contributed by atoms with Gasteiger partial charge in [0.25, 0.3) is 5.91 Å². The molecule has 0 bridgehead atoms. The van der Waals surface area contributed by atoms with Crippen LogP contribution in [0, 0.1) is 11.7 Å². The number of alkyl halides is 3. The van der Waals surface area contributed by atoms with E-state index < -0.39 is 46.9 Å². The Morgan fingerprint density at radius 3 is 2.41 bits per heavy atom. The molecular formula is C20H18F4N2O3. The molecule has 1 saturated heterocycles. The number of piperidine rings is 1. The molecule has 1 fully saturated rings. The van der Waals surface area contributed by atoms with E-state index in [0.29, 0.717) is 12.0 Å². The average Bonchev–Trinajstić information content (AvgIpc) is 2.68. The third-order valence-corrected chi connectivity index (χ3v) is 4.85. The highest BCUT2D eigenvalue weighted by atomic mass is 19.4. The Morgan fingerprint density at radius 2 is 1.79 bits per heavy atom. The van der Waals surface area contributed by atoms with E-state index in [0.717, 1.165) is 17.2 Å². The molecule has 0 aliphatic carbocycles. The van der Waals surface area contributed by atoms with Crippen molar-refractivity contribution in [1.29, 1.82) is 0 Å². The number of carbonyl (C=O) groups is 2. The Hall–Kier alpha value is -2.94. The van der Waals surface area contributed by atoms with E-state index in [-0.39, 0.29) is 6.54 Å². The van der Waals surface area contributed by atoms with Gasteiger partial charge in [-0.3, -0.25) is 14.4 Å². The van der Waals surface area contributed by atoms with Crippen molar-refractivity contribution in [3.8, 4) is 0 Å². The Balaban J connectivity index is 1.94. The molecule has 0 saturated carbocycles. The van der Waals surface area contributed by atoms with Crippen molar-refractivity contribution in [3.05, 3.63) is 65.5 Å². The summed E-state index contributed by atoms with van der Waals surface area (Å²) in [5, 5.41) is 3.24. The van der Waals surface area contributed by atoms with Gasteiger partial charge in [0, 0.05) is 12.5 Å². The van der Waals surface area contributed by atoms with E-state index in [1.807, 2.05) is 0 Å². The fraction of sp³-hybridized carbons (Fsp3) is 0.300. The molecule has 0 aromatic heterocycles. The normalized spacial score (nSPS) is 19.9. The maximum absolute atomic E-state index is 13.3. The number of benzene rings is 2. The molecule has 1 aliphatic rings. The second-order valence-electron chi connectivity index (χ2n) is 6.58. The van der Waals surface area contributed by atoms with Gasteiger partial charge >= 0.3 is 6.18 Å². The molecule has 5 nitrogen and oxygen atoms in total. The van der Waals surface area contributed by atoms with Gasteiger partial charge in [0.2, 0.25) is 5.91 Å². The van der Waals surface area contributed by atoms with Crippen LogP contribution in [-0.2, 0) is 20.6 Å². The lowest BCUT2D eigenvalue weighted by molar-refractivity contribution is -0.188. The molecule has 2 aromatic carbocycles. The van der Waals surface area contributed by atoms with E-state index in [1.54, 1.807) is 0 Å². The topological polar surface area (TPSA) is 58.6 Å². The van der Waals surface area contributed by atoms with Crippen LogP contribution in [0.15, 0.2) is 48.5 Å². The fourth-order valence-corrected chi connectivity index (χ4v) is 3.46. The third-order valence-electron chi connectivity index (χ3n) is 4.85. The summed E-state index contributed by atoms with van der Waals surface area (Å²) in [6, 6.07) is 9.85. The van der Waals surface area contributed by atoms with Crippen molar-refractivity contribution in [2.24, 2.45) is 5.92 Å². The van der Waals surface area contributed by atoms with Crippen LogP contribution >= 0.6 is 0 Å². The zero-order chi connectivity index (χ0) is 21.2. The number of halogens is 4. The summed E-state index contributed by atoms with van der Waals surface area (Å²) in [4.78, 5) is 30.7. The maximum atomic E-state index is 13.3. The van der Waals surface area contributed by atoms with Crippen molar-refractivity contribution in [2.75, 3.05) is 19.0 Å². The Bertz CT molecular complexity index is 899. The summed E-state index contributed by atoms with van der Waals surface area (Å²) in [5.74, 6) is -3.99. The number of rotatable bonds is 4. The predicted molar refractivity (Wildman–Crippen MR) is 96.0 cm³/mol. The van der Waals surface area contributed by atoms with Crippen LogP contribution in [0.3, 0.4) is 0 Å². The molecule has 0 radical (unpaired) electrons. The Labute approximate surface area is 164 Å². The number of hydrogen-bond acceptors (Lipinski definition) is 3. The zero-order valence-electron chi connectivity index (χ0n) is 15.4. The second-order valence-corrected chi connectivity index (χ2v) is 6.58. The number of para-hydroxylation sites is 1. The lowest BCUT2D eigenvalue weighted by atomic mass is 9.79. The average molecular weight is 410 g/mol. The molecule has 2 amide bonds. The first kappa shape index (κ1) is 20.8. The summed E-state index contributed by atoms with van der Waals surface area (Å²) in [7, 11) is 1.27. The van der Waals surface area contributed by atoms with Crippen molar-refractivity contribution < 1.29 is 32.0 Å². The highest BCUT2D eigenvalue weighted by Crippen LogP contribution is 2.37. The van der Waals surface area contributed by atoms with Crippen molar-refractivity contribution in [1.82, 2.24) is 5.06 Å². The monoisotopic (exact) mass is 410 g/mol. The van der Waals surface area contributed by atoms with Gasteiger partial charge in [-0.25, -0.2) is 9.45 Å². The molecule has 0 unspecified atom stereocenters. The number of amides is 2. The van der Waals surface area contributed by atoms with E-state index in [1.165, 1.54) is 43.5 Å². The number of anilines is 1. The fourth-order valence-electron chi connectivity index (χ4n) is 3.46. The highest BCUT2D eigenvalue weighted by molar-refractivity contribution is 6.07. The molecule has 2 atom stereocenters. The summed E-state index contributed by atoms with van der Waals surface area (Å²) < 4.78 is 53.0. The summed E-state index contributed by atoms with van der Waals surface area (Å²) in [6.45, 7) is 0.195. The first-order chi connectivity index (χ1) is 13.7. The summed E-state index contributed by atoms with van der Waals surface area (Å²) >= 11 is 0. The lowest BCUT2D eigenvalue weighted by Crippen LogP contribution is -2.48. The predicted octanol–water partition coefficient (Wildman–Crippen LogP) is 3.98. The van der Waals surface area contributed by atoms with Crippen LogP contribution in [0.2, 0.25) is 0 Å². The molecular weight excluding hydrogens is 392 g/mol. The first-order valence-corrected chi connectivity index (χ1v) is 8.80. The maximum Gasteiger partial charge on any atom is 0.418 e. The molecule has 0 spiro atoms. The SMILES string of the molecule is CON1CC[C@H](c2ccc(F)cc2)[C@@H](C(=O)Nc2ccccc2C(F)(F)F)C1=O. The number of hydroxylamine groups is 2. The van der Waals surface area contributed by atoms with Gasteiger partial charge in [-0.1, -0.05) is 24.3 Å². The van der Waals surface area contributed by atoms with Crippen LogP contribution in [-0.4, -0.2) is 30.5 Å². The molecule has 2 aromatic rings. The van der Waals surface area contributed by atoms with Gasteiger partial charge < -0.3 is 5.32 Å². The van der Waals surface area contributed by atoms with E-state index in [2.05, 4.69) is 5.32 Å². The zero-order valence-corrected chi connectivity index (χ0v) is 15.4. The molecule has 154 valence electrons. The minimum atomic E-state index is -4.67. The van der Waals surface area contributed by atoms with E-state index in [4.69, 9.17) is 4.84 Å². The van der Waals surface area contributed by atoms with Crippen molar-refractivity contribution in [3.63, 3.8) is 0 Å². The van der Waals surface area contributed by atoms with Gasteiger partial charge in [-0.2, -0.15) is 13.2 Å². The summed E-state index contributed by atoms with van der Waals surface area (Å²) in [6.07, 6.45) is -4.35. The molecule has 1 aliphatic heterocycles. The number of nitrogens with zero attached hydrogens (tertiary/aromatic N) is 1. The van der Waals surface area contributed by atoms with Crippen LogP contribution in [0.4, 0.5) is 23.2 Å². The molecule has 29 heavy (non-hydrogen) atoms. The van der Waals surface area contributed by atoms with Gasteiger partial charge in [0.05, 0.1) is 18.4 Å². The number of hydrogen-bond donors (Lipinski definition) is 1. The third kappa shape index (κ3) is 4.40. The largest absolute Gasteiger partial charge is 0.418 e. The molecule has 1 N–H and O–H groups in total. The van der Waals surface area contributed by atoms with Crippen LogP contribution in [0.1, 0.15) is 23.5 Å². The smallest absolute Gasteiger partial charge is 0.325 e. The van der Waals surface area contributed by atoms with E-state index >= 15 is 0 Å². The van der Waals surface area contributed by atoms with Gasteiger partial charge in [0.1, 0.15) is 11.7 Å². The van der Waals surface area contributed by atoms with Crippen LogP contribution in [0.25, 0.3) is 0 Å². The Morgan fingerprint density at radius 1 is 1.14 bits per heavy atom.